The second kappa shape index (κ2) is 4.73. The fourth-order valence-electron chi connectivity index (χ4n) is 1.47. The van der Waals surface area contributed by atoms with Crippen LogP contribution < -0.4 is 0 Å². The summed E-state index contributed by atoms with van der Waals surface area (Å²) in [5, 5.41) is 1.25. The van der Waals surface area contributed by atoms with Crippen LogP contribution in [-0.2, 0) is 6.54 Å². The number of carbonyl (C=O) groups is 1. The summed E-state index contributed by atoms with van der Waals surface area (Å²) in [6, 6.07) is 7.15. The molecule has 0 fully saturated rings. The van der Waals surface area contributed by atoms with E-state index in [4.69, 9.17) is 23.2 Å². The summed E-state index contributed by atoms with van der Waals surface area (Å²) in [6.07, 6.45) is 4.44. The number of aromatic nitrogens is 1. The normalized spacial score (nSPS) is 10.4. The third-order valence-electron chi connectivity index (χ3n) is 2.28. The van der Waals surface area contributed by atoms with Crippen LogP contribution in [-0.4, -0.2) is 10.9 Å². The fraction of sp³-hybridized carbons (Fsp3) is 0.0833. The van der Waals surface area contributed by atoms with Crippen LogP contribution >= 0.6 is 23.2 Å². The maximum absolute atomic E-state index is 10.5. The van der Waals surface area contributed by atoms with E-state index in [9.17, 15) is 4.79 Å². The Bertz CT molecular complexity index is 519. The van der Waals surface area contributed by atoms with Gasteiger partial charge < -0.3 is 4.57 Å². The average Bonchev–Trinajstić information content (AvgIpc) is 2.70. The fourth-order valence-corrected chi connectivity index (χ4v) is 1.94. The molecule has 0 saturated heterocycles. The summed E-state index contributed by atoms with van der Waals surface area (Å²) in [6.45, 7) is 0.629. The molecule has 1 aromatic heterocycles. The minimum Gasteiger partial charge on any atom is -0.349 e. The number of halogens is 2. The Morgan fingerprint density at radius 2 is 2.06 bits per heavy atom. The summed E-state index contributed by atoms with van der Waals surface area (Å²) in [5.41, 5.74) is 1.63. The van der Waals surface area contributed by atoms with Gasteiger partial charge in [-0.1, -0.05) is 29.3 Å². The Morgan fingerprint density at radius 3 is 2.69 bits per heavy atom. The highest BCUT2D eigenvalue weighted by Gasteiger charge is 2.02. The molecule has 0 N–H and O–H groups in total. The van der Waals surface area contributed by atoms with E-state index in [0.717, 1.165) is 11.8 Å². The van der Waals surface area contributed by atoms with Crippen molar-refractivity contribution in [2.24, 2.45) is 0 Å². The first kappa shape index (κ1) is 11.2. The molecule has 0 aliphatic rings. The molecule has 1 aromatic carbocycles. The van der Waals surface area contributed by atoms with Crippen LogP contribution in [0.5, 0.6) is 0 Å². The molecule has 2 rings (SSSR count). The summed E-state index contributed by atoms with van der Waals surface area (Å²) < 4.78 is 1.90. The van der Waals surface area contributed by atoms with Crippen molar-refractivity contribution in [3.63, 3.8) is 0 Å². The van der Waals surface area contributed by atoms with Crippen molar-refractivity contribution >= 4 is 29.5 Å². The van der Waals surface area contributed by atoms with Gasteiger partial charge in [0.15, 0.2) is 6.29 Å². The number of carbonyl (C=O) groups excluding carboxylic acids is 1. The molecule has 4 heteroatoms. The van der Waals surface area contributed by atoms with E-state index >= 15 is 0 Å². The Morgan fingerprint density at radius 1 is 1.25 bits per heavy atom. The molecule has 0 aliphatic carbocycles. The molecule has 16 heavy (non-hydrogen) atoms. The van der Waals surface area contributed by atoms with Crippen LogP contribution in [0.4, 0.5) is 0 Å². The number of benzene rings is 1. The van der Waals surface area contributed by atoms with Gasteiger partial charge in [-0.15, -0.1) is 0 Å². The maximum atomic E-state index is 10.5. The zero-order valence-electron chi connectivity index (χ0n) is 8.36. The molecular weight excluding hydrogens is 245 g/mol. The number of aldehydes is 1. The predicted octanol–water partition coefficient (Wildman–Crippen LogP) is 3.66. The summed E-state index contributed by atoms with van der Waals surface area (Å²) in [4.78, 5) is 10.5. The second-order valence-electron chi connectivity index (χ2n) is 3.47. The van der Waals surface area contributed by atoms with Crippen molar-refractivity contribution < 1.29 is 4.79 Å². The van der Waals surface area contributed by atoms with Gasteiger partial charge in [-0.25, -0.2) is 0 Å². The van der Waals surface area contributed by atoms with E-state index in [1.807, 2.05) is 16.8 Å². The first-order valence-electron chi connectivity index (χ1n) is 4.74. The van der Waals surface area contributed by atoms with E-state index in [1.165, 1.54) is 0 Å². The van der Waals surface area contributed by atoms with E-state index in [0.29, 0.717) is 22.2 Å². The lowest BCUT2D eigenvalue weighted by atomic mass is 10.2. The molecule has 2 nitrogen and oxygen atoms in total. The summed E-state index contributed by atoms with van der Waals surface area (Å²) in [5.74, 6) is 0. The summed E-state index contributed by atoms with van der Waals surface area (Å²) >= 11 is 11.9. The third kappa shape index (κ3) is 2.46. The van der Waals surface area contributed by atoms with Crippen molar-refractivity contribution in [3.05, 3.63) is 57.8 Å². The first-order valence-corrected chi connectivity index (χ1v) is 5.49. The SMILES string of the molecule is O=Cc1ccn(Cc2ccc(Cl)cc2Cl)c1. The topological polar surface area (TPSA) is 22.0 Å². The molecule has 0 spiro atoms. The van der Waals surface area contributed by atoms with Gasteiger partial charge in [0.2, 0.25) is 0 Å². The molecule has 0 unspecified atom stereocenters. The predicted molar refractivity (Wildman–Crippen MR) is 65.4 cm³/mol. The molecule has 0 radical (unpaired) electrons. The smallest absolute Gasteiger partial charge is 0.151 e. The van der Waals surface area contributed by atoms with Gasteiger partial charge in [0.1, 0.15) is 0 Å². The van der Waals surface area contributed by atoms with Crippen LogP contribution in [0.1, 0.15) is 15.9 Å². The Hall–Kier alpha value is -1.25. The first-order chi connectivity index (χ1) is 7.69. The van der Waals surface area contributed by atoms with Gasteiger partial charge in [0.25, 0.3) is 0 Å². The van der Waals surface area contributed by atoms with Crippen LogP contribution in [0, 0.1) is 0 Å². The Labute approximate surface area is 103 Å². The van der Waals surface area contributed by atoms with Crippen LogP contribution in [0.15, 0.2) is 36.7 Å². The quantitative estimate of drug-likeness (QED) is 0.766. The van der Waals surface area contributed by atoms with Crippen LogP contribution in [0.3, 0.4) is 0 Å². The van der Waals surface area contributed by atoms with Crippen molar-refractivity contribution in [2.75, 3.05) is 0 Å². The van der Waals surface area contributed by atoms with Gasteiger partial charge in [0, 0.05) is 34.5 Å². The van der Waals surface area contributed by atoms with Gasteiger partial charge >= 0.3 is 0 Å². The van der Waals surface area contributed by atoms with E-state index < -0.39 is 0 Å². The number of rotatable bonds is 3. The number of hydrogen-bond acceptors (Lipinski definition) is 1. The molecule has 82 valence electrons. The minimum absolute atomic E-state index is 0.620. The third-order valence-corrected chi connectivity index (χ3v) is 2.86. The highest BCUT2D eigenvalue weighted by molar-refractivity contribution is 6.35. The molecule has 2 aromatic rings. The molecule has 0 saturated carbocycles. The molecular formula is C12H9Cl2NO. The largest absolute Gasteiger partial charge is 0.349 e. The average molecular weight is 254 g/mol. The van der Waals surface area contributed by atoms with Gasteiger partial charge in [0.05, 0.1) is 0 Å². The van der Waals surface area contributed by atoms with Crippen molar-refractivity contribution in [1.29, 1.82) is 0 Å². The van der Waals surface area contributed by atoms with Crippen LogP contribution in [0.2, 0.25) is 10.0 Å². The lowest BCUT2D eigenvalue weighted by Gasteiger charge is -2.05. The molecule has 1 heterocycles. The molecule has 0 amide bonds. The Balaban J connectivity index is 2.23. The molecule has 0 bridgehead atoms. The zero-order chi connectivity index (χ0) is 11.5. The lowest BCUT2D eigenvalue weighted by molar-refractivity contribution is 0.112. The van der Waals surface area contributed by atoms with E-state index in [1.54, 1.807) is 24.4 Å². The van der Waals surface area contributed by atoms with E-state index in [2.05, 4.69) is 0 Å². The van der Waals surface area contributed by atoms with Crippen molar-refractivity contribution in [3.8, 4) is 0 Å². The standard InChI is InChI=1S/C12H9Cl2NO/c13-11-2-1-10(12(14)5-11)7-15-4-3-9(6-15)8-16/h1-6,8H,7H2. The lowest BCUT2D eigenvalue weighted by Crippen LogP contribution is -1.97. The van der Waals surface area contributed by atoms with E-state index in [-0.39, 0.29) is 0 Å². The van der Waals surface area contributed by atoms with Gasteiger partial charge in [-0.3, -0.25) is 4.79 Å². The number of nitrogens with zero attached hydrogens (tertiary/aromatic N) is 1. The van der Waals surface area contributed by atoms with Gasteiger partial charge in [-0.05, 0) is 23.8 Å². The van der Waals surface area contributed by atoms with Gasteiger partial charge in [-0.2, -0.15) is 0 Å². The Kier molecular flexibility index (Phi) is 3.32. The minimum atomic E-state index is 0.620. The van der Waals surface area contributed by atoms with Crippen LogP contribution in [0.25, 0.3) is 0 Å². The zero-order valence-corrected chi connectivity index (χ0v) is 9.87. The number of hydrogen-bond donors (Lipinski definition) is 0. The molecule has 0 aliphatic heterocycles. The highest BCUT2D eigenvalue weighted by Crippen LogP contribution is 2.21. The monoisotopic (exact) mass is 253 g/mol. The molecule has 0 atom stereocenters. The van der Waals surface area contributed by atoms with Crippen molar-refractivity contribution in [2.45, 2.75) is 6.54 Å². The highest BCUT2D eigenvalue weighted by atomic mass is 35.5. The summed E-state index contributed by atoms with van der Waals surface area (Å²) in [7, 11) is 0. The van der Waals surface area contributed by atoms with Crippen molar-refractivity contribution in [1.82, 2.24) is 4.57 Å². The second-order valence-corrected chi connectivity index (χ2v) is 4.31. The maximum Gasteiger partial charge on any atom is 0.151 e.